The second kappa shape index (κ2) is 11.3. The summed E-state index contributed by atoms with van der Waals surface area (Å²) in [6, 6.07) is 10.8. The minimum atomic E-state index is -0.108. The van der Waals surface area contributed by atoms with E-state index in [2.05, 4.69) is 27.2 Å². The minimum Gasteiger partial charge on any atom is -0.341 e. The molecule has 0 spiro atoms. The quantitative estimate of drug-likeness (QED) is 0.834. The molecule has 2 aliphatic rings. The third-order valence-corrected chi connectivity index (χ3v) is 5.92. The van der Waals surface area contributed by atoms with Crippen molar-refractivity contribution < 1.29 is 4.79 Å². The Morgan fingerprint density at radius 3 is 2.24 bits per heavy atom. The zero-order valence-electron chi connectivity index (χ0n) is 14.7. The molecule has 0 aliphatic carbocycles. The number of piperidine rings is 1. The van der Waals surface area contributed by atoms with Crippen LogP contribution >= 0.6 is 36.6 Å². The highest BCUT2D eigenvalue weighted by molar-refractivity contribution is 7.99. The smallest absolute Gasteiger partial charge is 0.244 e. The van der Waals surface area contributed by atoms with Crippen molar-refractivity contribution >= 4 is 42.5 Å². The fraction of sp³-hybridized carbons (Fsp3) is 0.611. The van der Waals surface area contributed by atoms with Crippen molar-refractivity contribution in [3.05, 3.63) is 35.9 Å². The molecular weight excluding hydrogens is 377 g/mol. The zero-order chi connectivity index (χ0) is 16.1. The summed E-state index contributed by atoms with van der Waals surface area (Å²) < 4.78 is 0. The molecule has 1 unspecified atom stereocenters. The van der Waals surface area contributed by atoms with Gasteiger partial charge >= 0.3 is 0 Å². The van der Waals surface area contributed by atoms with Gasteiger partial charge in [-0.15, -0.1) is 24.8 Å². The van der Waals surface area contributed by atoms with Crippen molar-refractivity contribution in [3.63, 3.8) is 0 Å². The van der Waals surface area contributed by atoms with Gasteiger partial charge in [-0.1, -0.05) is 30.3 Å². The molecule has 1 amide bonds. The van der Waals surface area contributed by atoms with Gasteiger partial charge in [0.05, 0.1) is 0 Å². The lowest BCUT2D eigenvalue weighted by Gasteiger charge is -2.39. The number of nitrogens with one attached hydrogen (secondary N) is 1. The predicted molar refractivity (Wildman–Crippen MR) is 111 cm³/mol. The van der Waals surface area contributed by atoms with Gasteiger partial charge in [0, 0.05) is 43.7 Å². The highest BCUT2D eigenvalue weighted by Gasteiger charge is 2.33. The van der Waals surface area contributed by atoms with Crippen LogP contribution in [0.15, 0.2) is 30.3 Å². The topological polar surface area (TPSA) is 35.6 Å². The number of nitrogens with zero attached hydrogens (tertiary/aromatic N) is 2. The fourth-order valence-electron chi connectivity index (χ4n) is 3.54. The molecule has 1 N–H and O–H groups in total. The van der Waals surface area contributed by atoms with Gasteiger partial charge in [0.1, 0.15) is 6.04 Å². The summed E-state index contributed by atoms with van der Waals surface area (Å²) in [7, 11) is 2.01. The molecule has 2 aliphatic heterocycles. The Balaban J connectivity index is 0.00000156. The monoisotopic (exact) mass is 405 g/mol. The average molecular weight is 406 g/mol. The Hall–Kier alpha value is -0.460. The van der Waals surface area contributed by atoms with Crippen LogP contribution in [0.25, 0.3) is 0 Å². The molecule has 0 radical (unpaired) electrons. The summed E-state index contributed by atoms with van der Waals surface area (Å²) in [6.07, 6.45) is 2.11. The molecule has 0 saturated carbocycles. The van der Waals surface area contributed by atoms with Crippen LogP contribution in [0.1, 0.15) is 24.4 Å². The molecular formula is C18H29Cl2N3OS. The van der Waals surface area contributed by atoms with Crippen molar-refractivity contribution in [2.45, 2.75) is 24.9 Å². The van der Waals surface area contributed by atoms with Gasteiger partial charge in [-0.2, -0.15) is 11.8 Å². The van der Waals surface area contributed by atoms with Crippen LogP contribution in [0.4, 0.5) is 0 Å². The molecule has 142 valence electrons. The molecule has 4 nitrogen and oxygen atoms in total. The molecule has 2 saturated heterocycles. The third-order valence-electron chi connectivity index (χ3n) is 4.97. The van der Waals surface area contributed by atoms with Crippen molar-refractivity contribution in [2.24, 2.45) is 0 Å². The number of carbonyl (C=O) groups is 1. The number of rotatable bonds is 4. The number of halogens is 2. The summed E-state index contributed by atoms with van der Waals surface area (Å²) in [5.41, 5.74) is 1.14. The lowest BCUT2D eigenvalue weighted by atomic mass is 10.00. The first-order chi connectivity index (χ1) is 11.3. The maximum atomic E-state index is 13.3. The van der Waals surface area contributed by atoms with Crippen LogP contribution < -0.4 is 5.32 Å². The first-order valence-corrected chi connectivity index (χ1v) is 9.78. The van der Waals surface area contributed by atoms with Crippen LogP contribution in [0, 0.1) is 0 Å². The van der Waals surface area contributed by atoms with Gasteiger partial charge in [-0.3, -0.25) is 9.69 Å². The van der Waals surface area contributed by atoms with Crippen LogP contribution in [0.2, 0.25) is 0 Å². The summed E-state index contributed by atoms with van der Waals surface area (Å²) in [5, 5.41) is 3.34. The normalized spacial score (nSPS) is 20.3. The van der Waals surface area contributed by atoms with E-state index in [1.165, 1.54) is 0 Å². The Morgan fingerprint density at radius 2 is 1.68 bits per heavy atom. The second-order valence-electron chi connectivity index (χ2n) is 6.35. The molecule has 2 fully saturated rings. The molecule has 3 rings (SSSR count). The van der Waals surface area contributed by atoms with E-state index >= 15 is 0 Å². The third kappa shape index (κ3) is 5.76. The molecule has 0 aromatic heterocycles. The van der Waals surface area contributed by atoms with E-state index in [0.29, 0.717) is 6.04 Å². The van der Waals surface area contributed by atoms with E-state index in [1.54, 1.807) is 0 Å². The van der Waals surface area contributed by atoms with Crippen LogP contribution in [-0.2, 0) is 4.79 Å². The van der Waals surface area contributed by atoms with Crippen molar-refractivity contribution in [1.82, 2.24) is 15.1 Å². The van der Waals surface area contributed by atoms with Gasteiger partial charge in [0.2, 0.25) is 5.91 Å². The summed E-state index contributed by atoms with van der Waals surface area (Å²) in [5.74, 6) is 2.54. The lowest BCUT2D eigenvalue weighted by molar-refractivity contribution is -0.138. The number of amides is 1. The molecule has 25 heavy (non-hydrogen) atoms. The van der Waals surface area contributed by atoms with Gasteiger partial charge in [0.15, 0.2) is 0 Å². The second-order valence-corrected chi connectivity index (χ2v) is 7.57. The number of thioether (sulfide) groups is 1. The van der Waals surface area contributed by atoms with Crippen molar-refractivity contribution in [1.29, 1.82) is 0 Å². The van der Waals surface area contributed by atoms with Crippen LogP contribution in [-0.4, -0.2) is 66.5 Å². The van der Waals surface area contributed by atoms with E-state index < -0.39 is 0 Å². The Kier molecular flexibility index (Phi) is 10.2. The highest BCUT2D eigenvalue weighted by Crippen LogP contribution is 2.27. The van der Waals surface area contributed by atoms with Gasteiger partial charge < -0.3 is 10.2 Å². The number of hydrogen-bond donors (Lipinski definition) is 1. The van der Waals surface area contributed by atoms with Gasteiger partial charge in [-0.05, 0) is 25.5 Å². The maximum absolute atomic E-state index is 13.3. The number of likely N-dealkylation sites (tertiary alicyclic amines) is 1. The van der Waals surface area contributed by atoms with Gasteiger partial charge in [0.25, 0.3) is 0 Å². The first-order valence-electron chi connectivity index (χ1n) is 8.62. The first kappa shape index (κ1) is 22.6. The molecule has 1 atom stereocenters. The summed E-state index contributed by atoms with van der Waals surface area (Å²) in [4.78, 5) is 17.7. The van der Waals surface area contributed by atoms with Crippen LogP contribution in [0.3, 0.4) is 0 Å². The fourth-order valence-corrected chi connectivity index (χ4v) is 4.47. The molecule has 1 aromatic carbocycles. The molecule has 2 heterocycles. The van der Waals surface area contributed by atoms with Gasteiger partial charge in [-0.25, -0.2) is 0 Å². The van der Waals surface area contributed by atoms with E-state index in [0.717, 1.165) is 56.1 Å². The Morgan fingerprint density at radius 1 is 1.08 bits per heavy atom. The summed E-state index contributed by atoms with van der Waals surface area (Å²) in [6.45, 7) is 3.75. The SMILES string of the molecule is CNC1CCN(C(=O)C(c2ccccc2)N2CCSCC2)CC1.Cl.Cl. The molecule has 7 heteroatoms. The maximum Gasteiger partial charge on any atom is 0.244 e. The Labute approximate surface area is 167 Å². The van der Waals surface area contributed by atoms with Crippen LogP contribution in [0.5, 0.6) is 0 Å². The van der Waals surface area contributed by atoms with E-state index in [4.69, 9.17) is 0 Å². The molecule has 1 aromatic rings. The number of hydrogen-bond acceptors (Lipinski definition) is 4. The highest BCUT2D eigenvalue weighted by atomic mass is 35.5. The summed E-state index contributed by atoms with van der Waals surface area (Å²) >= 11 is 1.99. The average Bonchev–Trinajstić information content (AvgIpc) is 2.64. The number of carbonyl (C=O) groups excluding carboxylic acids is 1. The van der Waals surface area contributed by atoms with E-state index in [1.807, 2.05) is 37.0 Å². The standard InChI is InChI=1S/C18H27N3OS.2ClH/c1-19-16-7-9-21(10-8-16)18(22)17(15-5-3-2-4-6-15)20-11-13-23-14-12-20;;/h2-6,16-17,19H,7-14H2,1H3;2*1H. The largest absolute Gasteiger partial charge is 0.341 e. The van der Waals surface area contributed by atoms with Crippen molar-refractivity contribution in [3.8, 4) is 0 Å². The molecule has 0 bridgehead atoms. The Bertz CT molecular complexity index is 506. The van der Waals surface area contributed by atoms with E-state index in [9.17, 15) is 4.79 Å². The van der Waals surface area contributed by atoms with Crippen molar-refractivity contribution in [2.75, 3.05) is 44.7 Å². The lowest BCUT2D eigenvalue weighted by Crippen LogP contribution is -2.50. The zero-order valence-corrected chi connectivity index (χ0v) is 17.2. The number of benzene rings is 1. The van der Waals surface area contributed by atoms with E-state index in [-0.39, 0.29) is 36.8 Å². The minimum absolute atomic E-state index is 0. The predicted octanol–water partition coefficient (Wildman–Crippen LogP) is 2.83.